The molecule has 17 heavy (non-hydrogen) atoms. The SMILES string of the molecule is Cc1cccc(C(=O)NC2CCCC2C#N)n1. The number of amides is 1. The molecule has 0 aliphatic heterocycles. The van der Waals surface area contributed by atoms with Gasteiger partial charge in [0.2, 0.25) is 0 Å². The van der Waals surface area contributed by atoms with Gasteiger partial charge in [0.25, 0.3) is 5.91 Å². The number of aromatic nitrogens is 1. The van der Waals surface area contributed by atoms with Crippen LogP contribution in [0.25, 0.3) is 0 Å². The van der Waals surface area contributed by atoms with Gasteiger partial charge in [-0.25, -0.2) is 4.98 Å². The van der Waals surface area contributed by atoms with Gasteiger partial charge in [-0.05, 0) is 38.3 Å². The van der Waals surface area contributed by atoms with Crippen molar-refractivity contribution in [2.45, 2.75) is 32.2 Å². The molecule has 2 rings (SSSR count). The number of hydrogen-bond acceptors (Lipinski definition) is 3. The number of nitrogens with zero attached hydrogens (tertiary/aromatic N) is 2. The summed E-state index contributed by atoms with van der Waals surface area (Å²) in [6, 6.07) is 7.59. The Labute approximate surface area is 101 Å². The molecule has 1 fully saturated rings. The lowest BCUT2D eigenvalue weighted by molar-refractivity contribution is 0.0927. The van der Waals surface area contributed by atoms with Gasteiger partial charge in [-0.1, -0.05) is 6.07 Å². The number of hydrogen-bond donors (Lipinski definition) is 1. The van der Waals surface area contributed by atoms with E-state index in [1.54, 1.807) is 6.07 Å². The van der Waals surface area contributed by atoms with Gasteiger partial charge in [0.1, 0.15) is 5.69 Å². The molecule has 0 spiro atoms. The van der Waals surface area contributed by atoms with Crippen molar-refractivity contribution in [1.82, 2.24) is 10.3 Å². The first-order valence-electron chi connectivity index (χ1n) is 5.85. The molecule has 0 radical (unpaired) electrons. The Morgan fingerprint density at radius 3 is 3.06 bits per heavy atom. The third kappa shape index (κ3) is 2.62. The molecule has 1 amide bonds. The Morgan fingerprint density at radius 2 is 2.35 bits per heavy atom. The van der Waals surface area contributed by atoms with Gasteiger partial charge in [-0.2, -0.15) is 5.26 Å². The van der Waals surface area contributed by atoms with Crippen molar-refractivity contribution in [3.05, 3.63) is 29.6 Å². The Kier molecular flexibility index (Phi) is 3.38. The smallest absolute Gasteiger partial charge is 0.270 e. The van der Waals surface area contributed by atoms with E-state index < -0.39 is 0 Å². The minimum Gasteiger partial charge on any atom is -0.347 e. The predicted octanol–water partition coefficient (Wildman–Crippen LogP) is 1.81. The van der Waals surface area contributed by atoms with Crippen LogP contribution in [0.15, 0.2) is 18.2 Å². The van der Waals surface area contributed by atoms with E-state index in [4.69, 9.17) is 5.26 Å². The highest BCUT2D eigenvalue weighted by Gasteiger charge is 2.28. The van der Waals surface area contributed by atoms with E-state index >= 15 is 0 Å². The highest BCUT2D eigenvalue weighted by molar-refractivity contribution is 5.92. The third-order valence-electron chi connectivity index (χ3n) is 3.12. The molecule has 2 atom stereocenters. The first kappa shape index (κ1) is 11.6. The molecule has 1 heterocycles. The quantitative estimate of drug-likeness (QED) is 0.841. The number of nitrogens with one attached hydrogen (secondary N) is 1. The maximum atomic E-state index is 11.9. The van der Waals surface area contributed by atoms with Crippen LogP contribution in [0.4, 0.5) is 0 Å². The Balaban J connectivity index is 2.05. The molecular formula is C13H15N3O. The molecule has 1 aromatic heterocycles. The highest BCUT2D eigenvalue weighted by Crippen LogP contribution is 2.24. The van der Waals surface area contributed by atoms with Gasteiger partial charge in [0.05, 0.1) is 12.0 Å². The van der Waals surface area contributed by atoms with E-state index in [1.165, 1.54) is 0 Å². The van der Waals surface area contributed by atoms with Gasteiger partial charge >= 0.3 is 0 Å². The van der Waals surface area contributed by atoms with Crippen LogP contribution in [0.2, 0.25) is 0 Å². The van der Waals surface area contributed by atoms with Crippen molar-refractivity contribution in [2.24, 2.45) is 5.92 Å². The fraction of sp³-hybridized carbons (Fsp3) is 0.462. The van der Waals surface area contributed by atoms with Crippen molar-refractivity contribution in [1.29, 1.82) is 5.26 Å². The second-order valence-corrected chi connectivity index (χ2v) is 4.41. The van der Waals surface area contributed by atoms with Crippen molar-refractivity contribution < 1.29 is 4.79 Å². The average molecular weight is 229 g/mol. The first-order valence-corrected chi connectivity index (χ1v) is 5.85. The standard InChI is InChI=1S/C13H15N3O/c1-9-4-2-7-12(15-9)13(17)16-11-6-3-5-10(11)8-14/h2,4,7,10-11H,3,5-6H2,1H3,(H,16,17). The molecule has 0 saturated heterocycles. The van der Waals surface area contributed by atoms with Crippen LogP contribution in [0.3, 0.4) is 0 Å². The number of aryl methyl sites for hydroxylation is 1. The summed E-state index contributed by atoms with van der Waals surface area (Å²) in [5.74, 6) is -0.232. The van der Waals surface area contributed by atoms with E-state index in [-0.39, 0.29) is 17.9 Å². The summed E-state index contributed by atoms with van der Waals surface area (Å²) in [7, 11) is 0. The summed E-state index contributed by atoms with van der Waals surface area (Å²) in [5, 5.41) is 11.8. The number of carbonyl (C=O) groups excluding carboxylic acids is 1. The number of carbonyl (C=O) groups is 1. The summed E-state index contributed by atoms with van der Waals surface area (Å²) < 4.78 is 0. The summed E-state index contributed by atoms with van der Waals surface area (Å²) in [6.07, 6.45) is 2.77. The Bertz CT molecular complexity index is 464. The van der Waals surface area contributed by atoms with Crippen LogP contribution in [0.5, 0.6) is 0 Å². The maximum Gasteiger partial charge on any atom is 0.270 e. The van der Waals surface area contributed by atoms with Gasteiger partial charge in [-0.3, -0.25) is 4.79 Å². The minimum atomic E-state index is -0.180. The fourth-order valence-corrected chi connectivity index (χ4v) is 2.20. The third-order valence-corrected chi connectivity index (χ3v) is 3.12. The van der Waals surface area contributed by atoms with Gasteiger partial charge in [0.15, 0.2) is 0 Å². The van der Waals surface area contributed by atoms with Crippen molar-refractivity contribution in [3.8, 4) is 6.07 Å². The van der Waals surface area contributed by atoms with Crippen LogP contribution < -0.4 is 5.32 Å². The lowest BCUT2D eigenvalue weighted by Crippen LogP contribution is -2.37. The number of pyridine rings is 1. The molecular weight excluding hydrogens is 214 g/mol. The van der Waals surface area contributed by atoms with Gasteiger partial charge < -0.3 is 5.32 Å². The molecule has 88 valence electrons. The molecule has 1 aromatic rings. The topological polar surface area (TPSA) is 65.8 Å². The molecule has 4 nitrogen and oxygen atoms in total. The van der Waals surface area contributed by atoms with Crippen molar-refractivity contribution in [3.63, 3.8) is 0 Å². The lowest BCUT2D eigenvalue weighted by atomic mass is 10.1. The minimum absolute atomic E-state index is 0.0187. The largest absolute Gasteiger partial charge is 0.347 e. The van der Waals surface area contributed by atoms with Crippen LogP contribution in [0.1, 0.15) is 35.4 Å². The average Bonchev–Trinajstić information content (AvgIpc) is 2.76. The van der Waals surface area contributed by atoms with Crippen LogP contribution in [-0.2, 0) is 0 Å². The summed E-state index contributed by atoms with van der Waals surface area (Å²) in [5.41, 5.74) is 1.24. The molecule has 0 aromatic carbocycles. The zero-order valence-corrected chi connectivity index (χ0v) is 9.81. The van der Waals surface area contributed by atoms with Crippen LogP contribution in [-0.4, -0.2) is 16.9 Å². The summed E-state index contributed by atoms with van der Waals surface area (Å²) >= 11 is 0. The van der Waals surface area contributed by atoms with E-state index in [9.17, 15) is 4.79 Å². The number of rotatable bonds is 2. The van der Waals surface area contributed by atoms with Gasteiger partial charge in [-0.15, -0.1) is 0 Å². The molecule has 1 saturated carbocycles. The monoisotopic (exact) mass is 229 g/mol. The van der Waals surface area contributed by atoms with Crippen molar-refractivity contribution in [2.75, 3.05) is 0 Å². The lowest BCUT2D eigenvalue weighted by Gasteiger charge is -2.15. The van der Waals surface area contributed by atoms with Crippen LogP contribution in [0, 0.1) is 24.2 Å². The Hall–Kier alpha value is -1.89. The summed E-state index contributed by atoms with van der Waals surface area (Å²) in [6.45, 7) is 1.85. The van der Waals surface area contributed by atoms with E-state index in [0.717, 1.165) is 25.0 Å². The van der Waals surface area contributed by atoms with Gasteiger partial charge in [0, 0.05) is 11.7 Å². The Morgan fingerprint density at radius 1 is 1.53 bits per heavy atom. The predicted molar refractivity (Wildman–Crippen MR) is 63.2 cm³/mol. The normalized spacial score (nSPS) is 23.1. The zero-order valence-electron chi connectivity index (χ0n) is 9.81. The van der Waals surface area contributed by atoms with Crippen molar-refractivity contribution >= 4 is 5.91 Å². The second-order valence-electron chi connectivity index (χ2n) is 4.41. The fourth-order valence-electron chi connectivity index (χ4n) is 2.20. The molecule has 0 bridgehead atoms. The zero-order chi connectivity index (χ0) is 12.3. The molecule has 2 unspecified atom stereocenters. The first-order chi connectivity index (χ1) is 8.20. The summed E-state index contributed by atoms with van der Waals surface area (Å²) in [4.78, 5) is 16.1. The highest BCUT2D eigenvalue weighted by atomic mass is 16.1. The second kappa shape index (κ2) is 4.96. The molecule has 1 N–H and O–H groups in total. The molecule has 1 aliphatic carbocycles. The molecule has 1 aliphatic rings. The maximum absolute atomic E-state index is 11.9. The van der Waals surface area contributed by atoms with E-state index in [0.29, 0.717) is 5.69 Å². The molecule has 4 heteroatoms. The number of nitriles is 1. The van der Waals surface area contributed by atoms with E-state index in [2.05, 4.69) is 16.4 Å². The van der Waals surface area contributed by atoms with Crippen LogP contribution >= 0.6 is 0 Å². The van der Waals surface area contributed by atoms with E-state index in [1.807, 2.05) is 19.1 Å².